The summed E-state index contributed by atoms with van der Waals surface area (Å²) in [7, 11) is 0. The van der Waals surface area contributed by atoms with Gasteiger partial charge in [-0.2, -0.15) is 0 Å². The van der Waals surface area contributed by atoms with Gasteiger partial charge in [-0.1, -0.05) is 24.3 Å². The highest BCUT2D eigenvalue weighted by Gasteiger charge is 2.28. The molecule has 4 N–H and O–H groups in total. The van der Waals surface area contributed by atoms with Crippen LogP contribution in [-0.4, -0.2) is 11.7 Å². The van der Waals surface area contributed by atoms with Crippen molar-refractivity contribution in [2.45, 2.75) is 47.1 Å². The smallest absolute Gasteiger partial charge is 0.252 e. The van der Waals surface area contributed by atoms with Crippen LogP contribution in [0.25, 0.3) is 5.57 Å². The van der Waals surface area contributed by atoms with Crippen molar-refractivity contribution in [2.75, 3.05) is 0 Å². The molecule has 2 rings (SSSR count). The summed E-state index contributed by atoms with van der Waals surface area (Å²) in [5.74, 6) is -1.12. The standard InChI is InChI=1S/C24H29FN2O2/c1-5-6-20(18-9-10-19(13-26)23(25)11-18)14(2)15(3)21(17-7-8-17)12-22(16(4)28)24(27)29/h5-6,9-12,17H,7-8,13,26H2,1-4H3,(H2,27,29)/b6-5-,20-14+,21-15-,22-12+. The Morgan fingerprint density at radius 1 is 1.17 bits per heavy atom. The first kappa shape index (κ1) is 22.5. The number of primary amides is 1. The summed E-state index contributed by atoms with van der Waals surface area (Å²) in [6, 6.07) is 5.04. The average Bonchev–Trinajstić information content (AvgIpc) is 3.50. The zero-order chi connectivity index (χ0) is 21.7. The van der Waals surface area contributed by atoms with E-state index in [1.54, 1.807) is 12.1 Å². The third-order valence-electron chi connectivity index (χ3n) is 5.28. The van der Waals surface area contributed by atoms with E-state index >= 15 is 0 Å². The van der Waals surface area contributed by atoms with E-state index in [2.05, 4.69) is 0 Å². The summed E-state index contributed by atoms with van der Waals surface area (Å²) in [5, 5.41) is 0. The summed E-state index contributed by atoms with van der Waals surface area (Å²) in [5.41, 5.74) is 15.9. The van der Waals surface area contributed by atoms with Gasteiger partial charge in [-0.15, -0.1) is 0 Å². The number of rotatable bonds is 8. The molecule has 4 nitrogen and oxygen atoms in total. The molecule has 0 atom stereocenters. The topological polar surface area (TPSA) is 86.2 Å². The number of halogens is 1. The van der Waals surface area contributed by atoms with Gasteiger partial charge < -0.3 is 11.5 Å². The first-order valence-electron chi connectivity index (χ1n) is 9.77. The second-order valence-electron chi connectivity index (χ2n) is 7.38. The van der Waals surface area contributed by atoms with Crippen molar-refractivity contribution >= 4 is 17.3 Å². The van der Waals surface area contributed by atoms with Gasteiger partial charge in [-0.3, -0.25) is 9.59 Å². The summed E-state index contributed by atoms with van der Waals surface area (Å²) < 4.78 is 14.3. The van der Waals surface area contributed by atoms with Crippen LogP contribution >= 0.6 is 0 Å². The lowest BCUT2D eigenvalue weighted by Crippen LogP contribution is -2.19. The lowest BCUT2D eigenvalue weighted by molar-refractivity contribution is -0.119. The van der Waals surface area contributed by atoms with Crippen LogP contribution in [-0.2, 0) is 16.1 Å². The van der Waals surface area contributed by atoms with Crippen LogP contribution in [0, 0.1) is 11.7 Å². The molecule has 0 bridgehead atoms. The fourth-order valence-corrected chi connectivity index (χ4v) is 3.33. The van der Waals surface area contributed by atoms with E-state index in [0.717, 1.165) is 40.7 Å². The predicted molar refractivity (Wildman–Crippen MR) is 115 cm³/mol. The van der Waals surface area contributed by atoms with Crippen molar-refractivity contribution in [1.82, 2.24) is 0 Å². The number of ketones is 1. The quantitative estimate of drug-likeness (QED) is 0.296. The SMILES string of the molecule is C\C=C/C(=C(C)\C(C)=C(\C=C(/C(C)=O)C(N)=O)C1CC1)c1ccc(CN)c(F)c1. The molecule has 0 radical (unpaired) electrons. The van der Waals surface area contributed by atoms with Crippen molar-refractivity contribution in [3.63, 3.8) is 0 Å². The third kappa shape index (κ3) is 5.39. The lowest BCUT2D eigenvalue weighted by Gasteiger charge is -2.15. The Morgan fingerprint density at radius 3 is 2.28 bits per heavy atom. The fourth-order valence-electron chi connectivity index (χ4n) is 3.33. The number of Topliss-reactive ketones (excluding diaryl/α,β-unsaturated/α-hetero) is 1. The lowest BCUT2D eigenvalue weighted by atomic mass is 9.90. The minimum absolute atomic E-state index is 0.00461. The molecule has 1 aliphatic rings. The summed E-state index contributed by atoms with van der Waals surface area (Å²) in [6.45, 7) is 7.32. The van der Waals surface area contributed by atoms with Crippen molar-refractivity contribution in [2.24, 2.45) is 17.4 Å². The summed E-state index contributed by atoms with van der Waals surface area (Å²) in [6.07, 6.45) is 7.47. The normalized spacial score (nSPS) is 16.6. The highest BCUT2D eigenvalue weighted by atomic mass is 19.1. The molecular formula is C24H29FN2O2. The van der Waals surface area contributed by atoms with Crippen LogP contribution in [0.1, 0.15) is 51.7 Å². The van der Waals surface area contributed by atoms with Crippen LogP contribution in [0.4, 0.5) is 4.39 Å². The molecule has 1 saturated carbocycles. The molecule has 0 aromatic heterocycles. The van der Waals surface area contributed by atoms with Gasteiger partial charge in [0.1, 0.15) is 5.82 Å². The molecule has 0 spiro atoms. The minimum Gasteiger partial charge on any atom is -0.365 e. The number of benzene rings is 1. The van der Waals surface area contributed by atoms with Gasteiger partial charge >= 0.3 is 0 Å². The molecule has 5 heteroatoms. The van der Waals surface area contributed by atoms with E-state index in [9.17, 15) is 14.0 Å². The predicted octanol–water partition coefficient (Wildman–Crippen LogP) is 4.36. The van der Waals surface area contributed by atoms with Crippen molar-refractivity contribution in [3.05, 3.63) is 75.7 Å². The van der Waals surface area contributed by atoms with Crippen LogP contribution in [0.15, 0.2) is 58.7 Å². The largest absolute Gasteiger partial charge is 0.365 e. The van der Waals surface area contributed by atoms with Crippen LogP contribution in [0.2, 0.25) is 0 Å². The molecule has 0 aliphatic heterocycles. The molecule has 0 heterocycles. The van der Waals surface area contributed by atoms with Gasteiger partial charge in [0, 0.05) is 12.1 Å². The van der Waals surface area contributed by atoms with Gasteiger partial charge in [0.2, 0.25) is 0 Å². The number of carbonyl (C=O) groups is 2. The number of nitrogens with two attached hydrogens (primary N) is 2. The third-order valence-corrected chi connectivity index (χ3v) is 5.28. The van der Waals surface area contributed by atoms with Crippen LogP contribution in [0.5, 0.6) is 0 Å². The van der Waals surface area contributed by atoms with E-state index in [1.807, 2.05) is 39.0 Å². The van der Waals surface area contributed by atoms with Crippen molar-refractivity contribution in [1.29, 1.82) is 0 Å². The zero-order valence-electron chi connectivity index (χ0n) is 17.5. The number of allylic oxidation sites excluding steroid dienone is 7. The monoisotopic (exact) mass is 396 g/mol. The van der Waals surface area contributed by atoms with Gasteiger partial charge in [-0.25, -0.2) is 4.39 Å². The Labute approximate surface area is 171 Å². The maximum atomic E-state index is 14.3. The number of hydrogen-bond donors (Lipinski definition) is 2. The molecule has 1 fully saturated rings. The molecule has 1 amide bonds. The highest BCUT2D eigenvalue weighted by Crippen LogP contribution is 2.41. The second-order valence-corrected chi connectivity index (χ2v) is 7.38. The fraction of sp³-hybridized carbons (Fsp3) is 0.333. The first-order valence-corrected chi connectivity index (χ1v) is 9.77. The second kappa shape index (κ2) is 9.61. The Balaban J connectivity index is 2.68. The molecule has 1 aromatic rings. The molecule has 0 saturated heterocycles. The molecule has 1 aromatic carbocycles. The molecule has 1 aliphatic carbocycles. The van der Waals surface area contributed by atoms with Gasteiger partial charge in [0.25, 0.3) is 5.91 Å². The maximum Gasteiger partial charge on any atom is 0.252 e. The number of carbonyl (C=O) groups excluding carboxylic acids is 2. The van der Waals surface area contributed by atoms with Crippen molar-refractivity contribution < 1.29 is 14.0 Å². The zero-order valence-corrected chi connectivity index (χ0v) is 17.5. The van der Waals surface area contributed by atoms with Gasteiger partial charge in [0.15, 0.2) is 5.78 Å². The molecule has 0 unspecified atom stereocenters. The van der Waals surface area contributed by atoms with Crippen LogP contribution in [0.3, 0.4) is 0 Å². The Bertz CT molecular complexity index is 932. The van der Waals surface area contributed by atoms with Crippen molar-refractivity contribution in [3.8, 4) is 0 Å². The van der Waals surface area contributed by atoms with E-state index in [-0.39, 0.29) is 23.7 Å². The molecule has 29 heavy (non-hydrogen) atoms. The number of amides is 1. The van der Waals surface area contributed by atoms with E-state index < -0.39 is 5.91 Å². The van der Waals surface area contributed by atoms with Crippen LogP contribution < -0.4 is 11.5 Å². The molecular weight excluding hydrogens is 367 g/mol. The molecule has 154 valence electrons. The highest BCUT2D eigenvalue weighted by molar-refractivity contribution is 6.18. The van der Waals surface area contributed by atoms with E-state index in [0.29, 0.717) is 11.5 Å². The number of hydrogen-bond acceptors (Lipinski definition) is 3. The Kier molecular flexibility index (Phi) is 7.46. The van der Waals surface area contributed by atoms with Gasteiger partial charge in [-0.05, 0) is 86.5 Å². The average molecular weight is 397 g/mol. The minimum atomic E-state index is -0.724. The summed E-state index contributed by atoms with van der Waals surface area (Å²) in [4.78, 5) is 23.5. The van der Waals surface area contributed by atoms with E-state index in [1.165, 1.54) is 13.0 Å². The van der Waals surface area contributed by atoms with Gasteiger partial charge in [0.05, 0.1) is 5.57 Å². The first-order chi connectivity index (χ1) is 13.7. The Morgan fingerprint density at radius 2 is 1.83 bits per heavy atom. The Hall–Kier alpha value is -2.79. The maximum absolute atomic E-state index is 14.3. The van der Waals surface area contributed by atoms with E-state index in [4.69, 9.17) is 11.5 Å². The summed E-state index contributed by atoms with van der Waals surface area (Å²) >= 11 is 0.